The van der Waals surface area contributed by atoms with Gasteiger partial charge < -0.3 is 34.9 Å². The number of carboxylic acid groups (broad SMARTS) is 1. The third kappa shape index (κ3) is 7.08. The molecule has 2 amide bonds. The molecule has 0 bridgehead atoms. The van der Waals surface area contributed by atoms with Crippen molar-refractivity contribution in [1.29, 1.82) is 0 Å². The Balaban J connectivity index is 1.93. The van der Waals surface area contributed by atoms with Crippen molar-refractivity contribution in [2.24, 2.45) is 0 Å². The van der Waals surface area contributed by atoms with Gasteiger partial charge in [0.05, 0.1) is 37.2 Å². The van der Waals surface area contributed by atoms with Crippen LogP contribution in [0, 0.1) is 5.82 Å². The Morgan fingerprint density at radius 2 is 1.86 bits per heavy atom. The van der Waals surface area contributed by atoms with Crippen molar-refractivity contribution in [3.8, 4) is 5.75 Å². The number of amides is 2. The van der Waals surface area contributed by atoms with Gasteiger partial charge in [-0.15, -0.1) is 0 Å². The lowest BCUT2D eigenvalue weighted by molar-refractivity contribution is -0.137. The van der Waals surface area contributed by atoms with Crippen LogP contribution in [0.5, 0.6) is 5.75 Å². The number of methoxy groups -OCH3 is 2. The molecule has 1 aliphatic heterocycles. The number of nitrogens with zero attached hydrogens (tertiary/aromatic N) is 1. The number of halogens is 1. The smallest absolute Gasteiger partial charge is 0.323 e. The zero-order chi connectivity index (χ0) is 26.1. The molecule has 9 nitrogen and oxygen atoms in total. The molecular formula is C26H34FN3O6. The number of urea groups is 1. The van der Waals surface area contributed by atoms with E-state index in [9.17, 15) is 19.1 Å². The van der Waals surface area contributed by atoms with Crippen LogP contribution in [0.2, 0.25) is 0 Å². The lowest BCUT2D eigenvalue weighted by Crippen LogP contribution is -2.40. The van der Waals surface area contributed by atoms with Gasteiger partial charge in [-0.1, -0.05) is 6.07 Å². The van der Waals surface area contributed by atoms with Crippen LogP contribution in [-0.2, 0) is 14.3 Å². The first kappa shape index (κ1) is 27.2. The Morgan fingerprint density at radius 3 is 2.47 bits per heavy atom. The van der Waals surface area contributed by atoms with Crippen LogP contribution in [0.4, 0.5) is 26.2 Å². The summed E-state index contributed by atoms with van der Waals surface area (Å²) in [5, 5.41) is 14.8. The van der Waals surface area contributed by atoms with Gasteiger partial charge in [-0.2, -0.15) is 0 Å². The maximum Gasteiger partial charge on any atom is 0.323 e. The summed E-state index contributed by atoms with van der Waals surface area (Å²) >= 11 is 0. The fourth-order valence-corrected chi connectivity index (χ4v) is 4.47. The lowest BCUT2D eigenvalue weighted by Gasteiger charge is -2.36. The number of rotatable bonds is 11. The van der Waals surface area contributed by atoms with Crippen LogP contribution in [0.1, 0.15) is 37.7 Å². The average molecular weight is 504 g/mol. The molecule has 36 heavy (non-hydrogen) atoms. The molecule has 1 heterocycles. The van der Waals surface area contributed by atoms with Crippen molar-refractivity contribution in [2.45, 2.75) is 38.1 Å². The van der Waals surface area contributed by atoms with Gasteiger partial charge in [-0.25, -0.2) is 9.18 Å². The molecule has 196 valence electrons. The fourth-order valence-electron chi connectivity index (χ4n) is 4.47. The molecular weight excluding hydrogens is 469 g/mol. The summed E-state index contributed by atoms with van der Waals surface area (Å²) < 4.78 is 30.2. The van der Waals surface area contributed by atoms with E-state index in [1.807, 2.05) is 19.1 Å². The molecule has 0 aliphatic carbocycles. The van der Waals surface area contributed by atoms with E-state index in [0.717, 1.165) is 24.1 Å². The number of benzene rings is 2. The number of aliphatic carboxylic acids is 1. The maximum absolute atomic E-state index is 14.4. The Hall–Kier alpha value is -3.37. The van der Waals surface area contributed by atoms with Gasteiger partial charge in [0.1, 0.15) is 11.6 Å². The van der Waals surface area contributed by atoms with Gasteiger partial charge in [0.2, 0.25) is 0 Å². The summed E-state index contributed by atoms with van der Waals surface area (Å²) in [7, 11) is 2.95. The van der Waals surface area contributed by atoms with Crippen molar-refractivity contribution in [3.63, 3.8) is 0 Å². The van der Waals surface area contributed by atoms with E-state index in [4.69, 9.17) is 14.2 Å². The molecule has 1 aliphatic rings. The number of nitrogens with one attached hydrogen (secondary N) is 2. The van der Waals surface area contributed by atoms with Gasteiger partial charge in [0, 0.05) is 44.9 Å². The fraction of sp³-hybridized carbons (Fsp3) is 0.462. The van der Waals surface area contributed by atoms with Crippen LogP contribution in [0.25, 0.3) is 0 Å². The van der Waals surface area contributed by atoms with Crippen LogP contribution < -0.4 is 20.3 Å². The Bertz CT molecular complexity index is 1040. The number of hydrogen-bond donors (Lipinski definition) is 3. The number of hydrogen-bond acceptors (Lipinski definition) is 6. The van der Waals surface area contributed by atoms with Gasteiger partial charge in [-0.3, -0.25) is 4.79 Å². The van der Waals surface area contributed by atoms with Crippen molar-refractivity contribution < 1.29 is 33.3 Å². The molecule has 1 atom stereocenters. The SMILES string of the molecule is CCN(c1ccc(C(COC)CC(=O)O)cc1NC(=O)Nc1ccc(OC)cc1F)C1CCOCC1. The molecule has 1 saturated heterocycles. The van der Waals surface area contributed by atoms with E-state index in [0.29, 0.717) is 31.2 Å². The first-order chi connectivity index (χ1) is 17.4. The number of carbonyl (C=O) groups excluding carboxylic acids is 1. The minimum Gasteiger partial charge on any atom is -0.497 e. The van der Waals surface area contributed by atoms with Crippen molar-refractivity contribution >= 4 is 29.1 Å². The highest BCUT2D eigenvalue weighted by Gasteiger charge is 2.25. The Labute approximate surface area is 210 Å². The third-order valence-electron chi connectivity index (χ3n) is 6.24. The molecule has 1 unspecified atom stereocenters. The van der Waals surface area contributed by atoms with Crippen molar-refractivity contribution in [1.82, 2.24) is 0 Å². The van der Waals surface area contributed by atoms with E-state index in [2.05, 4.69) is 15.5 Å². The molecule has 2 aromatic carbocycles. The minimum absolute atomic E-state index is 0.00548. The summed E-state index contributed by atoms with van der Waals surface area (Å²) in [6, 6.07) is 9.30. The van der Waals surface area contributed by atoms with E-state index >= 15 is 0 Å². The van der Waals surface area contributed by atoms with Gasteiger partial charge in [-0.05, 0) is 49.6 Å². The second-order valence-electron chi connectivity index (χ2n) is 8.58. The number of anilines is 3. The van der Waals surface area contributed by atoms with Crippen LogP contribution in [0.3, 0.4) is 0 Å². The summed E-state index contributed by atoms with van der Waals surface area (Å²) in [6.07, 6.45) is 1.58. The average Bonchev–Trinajstić information content (AvgIpc) is 2.86. The van der Waals surface area contributed by atoms with Crippen LogP contribution >= 0.6 is 0 Å². The first-order valence-electron chi connectivity index (χ1n) is 12.0. The van der Waals surface area contributed by atoms with Gasteiger partial charge in [0.15, 0.2) is 0 Å². The minimum atomic E-state index is -0.944. The first-order valence-corrected chi connectivity index (χ1v) is 12.0. The largest absolute Gasteiger partial charge is 0.497 e. The van der Waals surface area contributed by atoms with Crippen LogP contribution in [-0.4, -0.2) is 63.7 Å². The maximum atomic E-state index is 14.4. The zero-order valence-corrected chi connectivity index (χ0v) is 20.9. The highest BCUT2D eigenvalue weighted by atomic mass is 19.1. The molecule has 0 spiro atoms. The predicted molar refractivity (Wildman–Crippen MR) is 136 cm³/mol. The third-order valence-corrected chi connectivity index (χ3v) is 6.24. The number of ether oxygens (including phenoxy) is 3. The van der Waals surface area contributed by atoms with E-state index in [1.54, 1.807) is 12.1 Å². The topological polar surface area (TPSA) is 109 Å². The number of carboxylic acids is 1. The summed E-state index contributed by atoms with van der Waals surface area (Å²) in [6.45, 7) is 4.27. The molecule has 2 aromatic rings. The second-order valence-corrected chi connectivity index (χ2v) is 8.58. The number of carbonyl (C=O) groups is 2. The normalized spacial score (nSPS) is 14.7. The lowest BCUT2D eigenvalue weighted by atomic mass is 9.95. The Morgan fingerprint density at radius 1 is 1.14 bits per heavy atom. The molecule has 3 N–H and O–H groups in total. The monoisotopic (exact) mass is 503 g/mol. The standard InChI is InChI=1S/C26H34FN3O6/c1-4-30(19-9-11-36-12-10-19)24-8-5-17(18(16-34-2)14-25(31)32)13-23(24)29-26(33)28-22-7-6-20(35-3)15-21(22)27/h5-8,13,15,18-19H,4,9-12,14,16H2,1-3H3,(H,31,32)(H2,28,29,33). The van der Waals surface area contributed by atoms with E-state index < -0.39 is 23.7 Å². The Kier molecular flexibility index (Phi) is 9.89. The van der Waals surface area contributed by atoms with Crippen molar-refractivity contribution in [2.75, 3.05) is 56.1 Å². The summed E-state index contributed by atoms with van der Waals surface area (Å²) in [5.41, 5.74) is 2.02. The molecule has 0 radical (unpaired) electrons. The summed E-state index contributed by atoms with van der Waals surface area (Å²) in [4.78, 5) is 26.6. The van der Waals surface area contributed by atoms with E-state index in [1.165, 1.54) is 26.4 Å². The molecule has 1 fully saturated rings. The molecule has 10 heteroatoms. The molecule has 0 aromatic heterocycles. The van der Waals surface area contributed by atoms with E-state index in [-0.39, 0.29) is 24.8 Å². The molecule has 3 rings (SSSR count). The zero-order valence-electron chi connectivity index (χ0n) is 20.9. The van der Waals surface area contributed by atoms with Gasteiger partial charge >= 0.3 is 12.0 Å². The summed E-state index contributed by atoms with van der Waals surface area (Å²) in [5.74, 6) is -1.63. The highest BCUT2D eigenvalue weighted by Crippen LogP contribution is 2.34. The quantitative estimate of drug-likeness (QED) is 0.408. The van der Waals surface area contributed by atoms with Crippen molar-refractivity contribution in [3.05, 3.63) is 47.8 Å². The highest BCUT2D eigenvalue weighted by molar-refractivity contribution is 6.02. The predicted octanol–water partition coefficient (Wildman–Crippen LogP) is 4.69. The molecule has 0 saturated carbocycles. The second kappa shape index (κ2) is 13.1. The van der Waals surface area contributed by atoms with Gasteiger partial charge in [0.25, 0.3) is 0 Å². The van der Waals surface area contributed by atoms with Crippen LogP contribution in [0.15, 0.2) is 36.4 Å².